The molecule has 3 nitrogen and oxygen atoms in total. The van der Waals surface area contributed by atoms with E-state index < -0.39 is 6.16 Å². The summed E-state index contributed by atoms with van der Waals surface area (Å²) in [6.45, 7) is 2.64. The van der Waals surface area contributed by atoms with Gasteiger partial charge in [-0.1, -0.05) is 90.4 Å². The molecule has 1 N–H and O–H groups in total. The first kappa shape index (κ1) is 19.3. The number of ether oxygens (including phenoxy) is 1. The fraction of sp³-hybridized carbons (Fsp3) is 0.947. The molecule has 22 heavy (non-hydrogen) atoms. The zero-order valence-corrected chi connectivity index (χ0v) is 14.5. The van der Waals surface area contributed by atoms with E-state index in [4.69, 9.17) is 5.11 Å². The van der Waals surface area contributed by atoms with Gasteiger partial charge in [0.2, 0.25) is 0 Å². The van der Waals surface area contributed by atoms with Crippen molar-refractivity contribution < 1.29 is 14.6 Å². The Hall–Kier alpha value is -0.730. The van der Waals surface area contributed by atoms with Gasteiger partial charge < -0.3 is 9.84 Å². The number of rotatable bonds is 13. The summed E-state index contributed by atoms with van der Waals surface area (Å²) in [5, 5.41) is 8.41. The Kier molecular flexibility index (Phi) is 11.2. The third kappa shape index (κ3) is 9.32. The molecule has 0 saturated heterocycles. The predicted molar refractivity (Wildman–Crippen MR) is 91.3 cm³/mol. The lowest BCUT2D eigenvalue weighted by molar-refractivity contribution is 0.0898. The van der Waals surface area contributed by atoms with Crippen LogP contribution in [0.5, 0.6) is 0 Å². The topological polar surface area (TPSA) is 46.5 Å². The van der Waals surface area contributed by atoms with Crippen molar-refractivity contribution >= 4 is 6.16 Å². The van der Waals surface area contributed by atoms with E-state index in [2.05, 4.69) is 11.7 Å². The van der Waals surface area contributed by atoms with Gasteiger partial charge in [0.05, 0.1) is 6.61 Å². The van der Waals surface area contributed by atoms with Crippen LogP contribution >= 0.6 is 0 Å². The molecule has 0 spiro atoms. The maximum Gasteiger partial charge on any atom is 0.505 e. The second kappa shape index (κ2) is 12.8. The molecule has 1 rings (SSSR count). The highest BCUT2D eigenvalue weighted by Gasteiger charge is 2.25. The molecular weight excluding hydrogens is 276 g/mol. The molecule has 0 heterocycles. The second-order valence-electron chi connectivity index (χ2n) is 6.97. The maximum absolute atomic E-state index is 10.2. The minimum Gasteiger partial charge on any atom is -0.450 e. The molecule has 0 aliphatic heterocycles. The Morgan fingerprint density at radius 1 is 0.909 bits per heavy atom. The fourth-order valence-electron chi connectivity index (χ4n) is 3.91. The molecule has 1 aliphatic rings. The van der Waals surface area contributed by atoms with Crippen molar-refractivity contribution in [3.63, 3.8) is 0 Å². The summed E-state index contributed by atoms with van der Waals surface area (Å²) in [5.41, 5.74) is 0. The van der Waals surface area contributed by atoms with Gasteiger partial charge in [-0.25, -0.2) is 4.79 Å². The summed E-state index contributed by atoms with van der Waals surface area (Å²) < 4.78 is 4.55. The first-order valence-corrected chi connectivity index (χ1v) is 9.59. The lowest BCUT2D eigenvalue weighted by Crippen LogP contribution is -2.08. The van der Waals surface area contributed by atoms with Crippen LogP contribution in [0.15, 0.2) is 0 Å². The number of unbranched alkanes of at least 4 members (excludes halogenated alkanes) is 7. The van der Waals surface area contributed by atoms with Gasteiger partial charge >= 0.3 is 6.16 Å². The SMILES string of the molecule is CCCCCCCC[C@H]1CCC[C@@H]1CCCCCOC(=O)O. The van der Waals surface area contributed by atoms with Crippen molar-refractivity contribution in [1.29, 1.82) is 0 Å². The quantitative estimate of drug-likeness (QED) is 0.316. The average Bonchev–Trinajstić information content (AvgIpc) is 2.93. The Labute approximate surface area is 136 Å². The van der Waals surface area contributed by atoms with E-state index in [0.29, 0.717) is 6.61 Å². The molecule has 0 radical (unpaired) electrons. The summed E-state index contributed by atoms with van der Waals surface area (Å²) in [6, 6.07) is 0. The first-order valence-electron chi connectivity index (χ1n) is 9.59. The molecule has 0 amide bonds. The van der Waals surface area contributed by atoms with Gasteiger partial charge in [0.25, 0.3) is 0 Å². The van der Waals surface area contributed by atoms with Crippen LogP contribution in [-0.4, -0.2) is 17.9 Å². The normalized spacial score (nSPS) is 21.1. The van der Waals surface area contributed by atoms with Gasteiger partial charge in [-0.2, -0.15) is 0 Å². The van der Waals surface area contributed by atoms with Crippen molar-refractivity contribution in [3.05, 3.63) is 0 Å². The first-order chi connectivity index (χ1) is 10.7. The highest BCUT2D eigenvalue weighted by Crippen LogP contribution is 2.38. The monoisotopic (exact) mass is 312 g/mol. The smallest absolute Gasteiger partial charge is 0.450 e. The highest BCUT2D eigenvalue weighted by molar-refractivity contribution is 5.56. The Balaban J connectivity index is 1.99. The molecule has 1 aliphatic carbocycles. The molecule has 0 aromatic rings. The minimum absolute atomic E-state index is 0.362. The number of hydrogen-bond donors (Lipinski definition) is 1. The molecule has 130 valence electrons. The van der Waals surface area contributed by atoms with E-state index in [9.17, 15) is 4.79 Å². The standard InChI is InChI=1S/C19H36O3/c1-2-3-4-5-6-8-12-17-14-11-15-18(17)13-9-7-10-16-22-19(20)21/h17-18H,2-16H2,1H3,(H,20,21)/t17-,18-/m0/s1. The van der Waals surface area contributed by atoms with Crippen molar-refractivity contribution in [3.8, 4) is 0 Å². The Morgan fingerprint density at radius 3 is 2.05 bits per heavy atom. The zero-order valence-electron chi connectivity index (χ0n) is 14.5. The lowest BCUT2D eigenvalue weighted by Gasteiger charge is -2.19. The maximum atomic E-state index is 10.2. The number of hydrogen-bond acceptors (Lipinski definition) is 2. The Bertz CT molecular complexity index is 278. The van der Waals surface area contributed by atoms with Gasteiger partial charge in [-0.05, 0) is 18.3 Å². The zero-order chi connectivity index (χ0) is 16.0. The van der Waals surface area contributed by atoms with Gasteiger partial charge in [-0.3, -0.25) is 0 Å². The van der Waals surface area contributed by atoms with Crippen LogP contribution in [0.4, 0.5) is 4.79 Å². The van der Waals surface area contributed by atoms with Crippen LogP contribution in [0.2, 0.25) is 0 Å². The van der Waals surface area contributed by atoms with Crippen LogP contribution in [-0.2, 0) is 4.74 Å². The van der Waals surface area contributed by atoms with Crippen molar-refractivity contribution in [2.75, 3.05) is 6.61 Å². The van der Waals surface area contributed by atoms with Crippen LogP contribution in [0.1, 0.15) is 96.8 Å². The molecule has 0 unspecified atom stereocenters. The molecule has 0 aromatic carbocycles. The minimum atomic E-state index is -1.14. The van der Waals surface area contributed by atoms with Crippen LogP contribution in [0.3, 0.4) is 0 Å². The third-order valence-corrected chi connectivity index (χ3v) is 5.19. The summed E-state index contributed by atoms with van der Waals surface area (Å²) in [6.07, 6.45) is 17.6. The molecule has 3 heteroatoms. The van der Waals surface area contributed by atoms with Crippen molar-refractivity contribution in [2.45, 2.75) is 96.8 Å². The van der Waals surface area contributed by atoms with Crippen molar-refractivity contribution in [1.82, 2.24) is 0 Å². The van der Waals surface area contributed by atoms with Gasteiger partial charge in [0, 0.05) is 0 Å². The van der Waals surface area contributed by atoms with Gasteiger partial charge in [0.1, 0.15) is 0 Å². The van der Waals surface area contributed by atoms with Gasteiger partial charge in [0.15, 0.2) is 0 Å². The van der Waals surface area contributed by atoms with E-state index >= 15 is 0 Å². The van der Waals surface area contributed by atoms with E-state index in [-0.39, 0.29) is 0 Å². The van der Waals surface area contributed by atoms with E-state index in [1.54, 1.807) is 0 Å². The Morgan fingerprint density at radius 2 is 1.45 bits per heavy atom. The third-order valence-electron chi connectivity index (χ3n) is 5.19. The fourth-order valence-corrected chi connectivity index (χ4v) is 3.91. The van der Waals surface area contributed by atoms with E-state index in [1.165, 1.54) is 77.0 Å². The molecule has 0 bridgehead atoms. The molecule has 0 aromatic heterocycles. The lowest BCUT2D eigenvalue weighted by atomic mass is 9.87. The van der Waals surface area contributed by atoms with E-state index in [1.807, 2.05) is 0 Å². The molecule has 2 atom stereocenters. The van der Waals surface area contributed by atoms with Gasteiger partial charge in [-0.15, -0.1) is 0 Å². The summed E-state index contributed by atoms with van der Waals surface area (Å²) in [7, 11) is 0. The molecular formula is C19H36O3. The number of carbonyl (C=O) groups is 1. The molecule has 1 fully saturated rings. The molecule has 1 saturated carbocycles. The second-order valence-corrected chi connectivity index (χ2v) is 6.97. The van der Waals surface area contributed by atoms with Crippen LogP contribution < -0.4 is 0 Å². The largest absolute Gasteiger partial charge is 0.505 e. The number of carboxylic acid groups (broad SMARTS) is 1. The summed E-state index contributed by atoms with van der Waals surface area (Å²) >= 11 is 0. The summed E-state index contributed by atoms with van der Waals surface area (Å²) in [5.74, 6) is 1.91. The summed E-state index contributed by atoms with van der Waals surface area (Å²) in [4.78, 5) is 10.2. The van der Waals surface area contributed by atoms with Crippen LogP contribution in [0.25, 0.3) is 0 Å². The predicted octanol–water partition coefficient (Wildman–Crippen LogP) is 6.41. The van der Waals surface area contributed by atoms with E-state index in [0.717, 1.165) is 24.7 Å². The average molecular weight is 312 g/mol. The highest BCUT2D eigenvalue weighted by atomic mass is 16.7. The van der Waals surface area contributed by atoms with Crippen molar-refractivity contribution in [2.24, 2.45) is 11.8 Å². The van der Waals surface area contributed by atoms with Crippen LogP contribution in [0, 0.1) is 11.8 Å².